The molecule has 0 radical (unpaired) electrons. The van der Waals surface area contributed by atoms with Crippen LogP contribution in [0, 0.1) is 5.82 Å². The third-order valence-corrected chi connectivity index (χ3v) is 4.80. The van der Waals surface area contributed by atoms with Crippen LogP contribution >= 0.6 is 0 Å². The molecule has 12 heteroatoms. The van der Waals surface area contributed by atoms with Crippen molar-refractivity contribution in [2.24, 2.45) is 0 Å². The van der Waals surface area contributed by atoms with Crippen molar-refractivity contribution in [1.29, 1.82) is 0 Å². The van der Waals surface area contributed by atoms with Crippen LogP contribution in [0.1, 0.15) is 36.8 Å². The smallest absolute Gasteiger partial charge is 0.407 e. The van der Waals surface area contributed by atoms with Gasteiger partial charge < -0.3 is 29.6 Å². The number of aromatic nitrogens is 3. The first-order valence-electron chi connectivity index (χ1n) is 11.4. The monoisotopic (exact) mass is 515 g/mol. The maximum Gasteiger partial charge on any atom is 0.407 e. The second-order valence-electron chi connectivity index (χ2n) is 8.81. The number of carbonyl (C=O) groups is 2. The van der Waals surface area contributed by atoms with Gasteiger partial charge in [0.15, 0.2) is 11.5 Å². The first kappa shape index (κ1) is 27.2. The lowest BCUT2D eigenvalue weighted by molar-refractivity contribution is 0.0526. The minimum Gasteiger partial charge on any atom is -0.493 e. The summed E-state index contributed by atoms with van der Waals surface area (Å²) in [5.74, 6) is 0.103. The lowest BCUT2D eigenvalue weighted by Gasteiger charge is -2.19. The van der Waals surface area contributed by atoms with Crippen LogP contribution in [0.5, 0.6) is 17.2 Å². The second-order valence-corrected chi connectivity index (χ2v) is 8.81. The Labute approximate surface area is 213 Å². The topological polar surface area (TPSA) is 126 Å². The van der Waals surface area contributed by atoms with Crippen LogP contribution in [0.15, 0.2) is 42.6 Å². The number of nitrogens with one attached hydrogen (secondary N) is 2. The molecule has 0 saturated carbocycles. The Kier molecular flexibility index (Phi) is 8.88. The first-order valence-corrected chi connectivity index (χ1v) is 11.4. The number of alkyl carbamates (subject to hydrolysis) is 1. The number of ether oxygens (including phenoxy) is 4. The Morgan fingerprint density at radius 1 is 1.00 bits per heavy atom. The summed E-state index contributed by atoms with van der Waals surface area (Å²) in [5, 5.41) is 13.4. The van der Waals surface area contributed by atoms with E-state index >= 15 is 0 Å². The number of amides is 2. The number of carbonyl (C=O) groups excluding carboxylic acids is 2. The van der Waals surface area contributed by atoms with Gasteiger partial charge in [-0.15, -0.1) is 5.10 Å². The van der Waals surface area contributed by atoms with Crippen molar-refractivity contribution in [2.75, 3.05) is 27.3 Å². The largest absolute Gasteiger partial charge is 0.493 e. The normalized spacial score (nSPS) is 11.0. The molecule has 0 spiro atoms. The fourth-order valence-corrected chi connectivity index (χ4v) is 3.14. The minimum atomic E-state index is -0.608. The maximum atomic E-state index is 13.2. The van der Waals surface area contributed by atoms with E-state index in [1.165, 1.54) is 43.2 Å². The average molecular weight is 516 g/mol. The summed E-state index contributed by atoms with van der Waals surface area (Å²) >= 11 is 0. The molecule has 2 aromatic carbocycles. The van der Waals surface area contributed by atoms with Crippen molar-refractivity contribution >= 4 is 12.0 Å². The Balaban J connectivity index is 1.62. The quantitative estimate of drug-likeness (QED) is 0.394. The van der Waals surface area contributed by atoms with E-state index in [-0.39, 0.29) is 48.3 Å². The summed E-state index contributed by atoms with van der Waals surface area (Å²) in [6, 6.07) is 8.86. The molecule has 0 unspecified atom stereocenters. The van der Waals surface area contributed by atoms with Crippen LogP contribution in [0.2, 0.25) is 0 Å². The molecule has 1 aromatic heterocycles. The van der Waals surface area contributed by atoms with Crippen LogP contribution in [0.4, 0.5) is 9.18 Å². The number of nitrogens with zero attached hydrogens (tertiary/aromatic N) is 3. The Morgan fingerprint density at radius 3 is 2.22 bits per heavy atom. The van der Waals surface area contributed by atoms with Crippen molar-refractivity contribution < 1.29 is 32.9 Å². The van der Waals surface area contributed by atoms with Gasteiger partial charge in [-0.25, -0.2) is 13.9 Å². The van der Waals surface area contributed by atoms with Gasteiger partial charge in [-0.2, -0.15) is 0 Å². The molecule has 37 heavy (non-hydrogen) atoms. The van der Waals surface area contributed by atoms with Crippen molar-refractivity contribution in [3.63, 3.8) is 0 Å². The van der Waals surface area contributed by atoms with E-state index in [9.17, 15) is 14.0 Å². The molecule has 2 N–H and O–H groups in total. The van der Waals surface area contributed by atoms with Gasteiger partial charge in [0.2, 0.25) is 5.75 Å². The molecule has 1 heterocycles. The fraction of sp³-hybridized carbons (Fsp3) is 0.360. The summed E-state index contributed by atoms with van der Waals surface area (Å²) in [6.45, 7) is 5.70. The number of benzene rings is 2. The standard InChI is InChI=1S/C25H30FN5O6/c1-25(2,3)37-24(33)28-11-10-27-23(32)16-12-20(34-4)22(21(13-16)35-5)36-15-18-14-31(30-29-18)19-8-6-17(26)7-9-19/h6-9,12-14H,10-11,15H2,1-5H3,(H,27,32)(H,28,33). The van der Waals surface area contributed by atoms with Crippen molar-refractivity contribution in [1.82, 2.24) is 25.6 Å². The molecule has 11 nitrogen and oxygen atoms in total. The molecule has 0 saturated heterocycles. The number of hydrogen-bond acceptors (Lipinski definition) is 8. The van der Waals surface area contributed by atoms with Gasteiger partial charge in [-0.3, -0.25) is 4.79 Å². The molecule has 0 atom stereocenters. The van der Waals surface area contributed by atoms with E-state index in [0.29, 0.717) is 11.4 Å². The summed E-state index contributed by atoms with van der Waals surface area (Å²) in [5.41, 5.74) is 0.823. The van der Waals surface area contributed by atoms with Crippen molar-refractivity contribution in [3.05, 3.63) is 59.7 Å². The van der Waals surface area contributed by atoms with Gasteiger partial charge in [0.1, 0.15) is 23.7 Å². The van der Waals surface area contributed by atoms with E-state index in [2.05, 4.69) is 20.9 Å². The van der Waals surface area contributed by atoms with E-state index in [0.717, 1.165) is 0 Å². The van der Waals surface area contributed by atoms with E-state index < -0.39 is 17.6 Å². The predicted octanol–water partition coefficient (Wildman–Crippen LogP) is 3.26. The molecule has 3 aromatic rings. The SMILES string of the molecule is COc1cc(C(=O)NCCNC(=O)OC(C)(C)C)cc(OC)c1OCc1cn(-c2ccc(F)cc2)nn1. The first-order chi connectivity index (χ1) is 17.6. The van der Waals surface area contributed by atoms with Crippen LogP contribution < -0.4 is 24.8 Å². The average Bonchev–Trinajstić information content (AvgIpc) is 3.33. The van der Waals surface area contributed by atoms with E-state index in [1.807, 2.05) is 0 Å². The van der Waals surface area contributed by atoms with Gasteiger partial charge >= 0.3 is 6.09 Å². The highest BCUT2D eigenvalue weighted by molar-refractivity contribution is 5.95. The van der Waals surface area contributed by atoms with Gasteiger partial charge in [0.25, 0.3) is 5.91 Å². The van der Waals surface area contributed by atoms with Crippen LogP contribution in [0.25, 0.3) is 5.69 Å². The summed E-state index contributed by atoms with van der Waals surface area (Å²) < 4.78 is 36.5. The van der Waals surface area contributed by atoms with Crippen LogP contribution in [-0.2, 0) is 11.3 Å². The zero-order valence-corrected chi connectivity index (χ0v) is 21.3. The van der Waals surface area contributed by atoms with Gasteiger partial charge in [0, 0.05) is 18.7 Å². The maximum absolute atomic E-state index is 13.2. The molecule has 0 fully saturated rings. The number of methoxy groups -OCH3 is 2. The zero-order valence-electron chi connectivity index (χ0n) is 21.3. The predicted molar refractivity (Wildman–Crippen MR) is 132 cm³/mol. The lowest BCUT2D eigenvalue weighted by atomic mass is 10.1. The van der Waals surface area contributed by atoms with Gasteiger partial charge in [-0.05, 0) is 57.2 Å². The molecular formula is C25H30FN5O6. The Bertz CT molecular complexity index is 1200. The third kappa shape index (κ3) is 7.82. The van der Waals surface area contributed by atoms with Crippen molar-refractivity contribution in [2.45, 2.75) is 33.0 Å². The molecule has 0 aliphatic rings. The highest BCUT2D eigenvalue weighted by atomic mass is 19.1. The Morgan fingerprint density at radius 2 is 1.62 bits per heavy atom. The number of hydrogen-bond donors (Lipinski definition) is 2. The minimum absolute atomic E-state index is 0.0375. The third-order valence-electron chi connectivity index (χ3n) is 4.80. The summed E-state index contributed by atoms with van der Waals surface area (Å²) in [7, 11) is 2.89. The van der Waals surface area contributed by atoms with Crippen molar-refractivity contribution in [3.8, 4) is 22.9 Å². The fourth-order valence-electron chi connectivity index (χ4n) is 3.14. The van der Waals surface area contributed by atoms with Crippen LogP contribution in [0.3, 0.4) is 0 Å². The molecule has 3 rings (SSSR count). The highest BCUT2D eigenvalue weighted by Crippen LogP contribution is 2.39. The second kappa shape index (κ2) is 12.1. The van der Waals surface area contributed by atoms with Gasteiger partial charge in [-0.1, -0.05) is 5.21 Å². The molecule has 0 bridgehead atoms. The molecule has 2 amide bonds. The molecular weight excluding hydrogens is 485 g/mol. The lowest BCUT2D eigenvalue weighted by Crippen LogP contribution is -2.37. The van der Waals surface area contributed by atoms with Gasteiger partial charge in [0.05, 0.1) is 26.1 Å². The van der Waals surface area contributed by atoms with E-state index in [4.69, 9.17) is 18.9 Å². The Hall–Kier alpha value is -4.35. The zero-order chi connectivity index (χ0) is 27.0. The summed E-state index contributed by atoms with van der Waals surface area (Å²) in [4.78, 5) is 24.4. The molecule has 0 aliphatic carbocycles. The van der Waals surface area contributed by atoms with Crippen LogP contribution in [-0.4, -0.2) is 59.9 Å². The number of rotatable bonds is 10. The highest BCUT2D eigenvalue weighted by Gasteiger charge is 2.19. The molecule has 0 aliphatic heterocycles. The summed E-state index contributed by atoms with van der Waals surface area (Å²) in [6.07, 6.45) is 1.09. The van der Waals surface area contributed by atoms with E-state index in [1.54, 1.807) is 39.1 Å². The number of halogens is 1. The molecule has 198 valence electrons.